The molecule has 10 heteroatoms. The van der Waals surface area contributed by atoms with Crippen LogP contribution < -0.4 is 10.1 Å². The summed E-state index contributed by atoms with van der Waals surface area (Å²) >= 11 is 0. The number of halogens is 3. The minimum absolute atomic E-state index is 0.0686. The Balaban J connectivity index is 2.47. The lowest BCUT2D eigenvalue weighted by molar-refractivity contribution is -0.125. The maximum Gasteiger partial charge on any atom is 0.419 e. The smallest absolute Gasteiger partial charge is 0.419 e. The van der Waals surface area contributed by atoms with Crippen molar-refractivity contribution in [1.82, 2.24) is 10.2 Å². The van der Waals surface area contributed by atoms with E-state index in [1.807, 2.05) is 0 Å². The van der Waals surface area contributed by atoms with Gasteiger partial charge in [0.2, 0.25) is 5.91 Å². The molecule has 0 fully saturated rings. The van der Waals surface area contributed by atoms with E-state index in [2.05, 4.69) is 16.9 Å². The van der Waals surface area contributed by atoms with Gasteiger partial charge in [-0.1, -0.05) is 18.7 Å². The zero-order valence-electron chi connectivity index (χ0n) is 16.3. The Bertz CT molecular complexity index is 746. The van der Waals surface area contributed by atoms with Crippen molar-refractivity contribution in [3.63, 3.8) is 0 Å². The number of aliphatic hydroxyl groups is 1. The molecule has 0 bridgehead atoms. The first-order valence-corrected chi connectivity index (χ1v) is 8.70. The number of carbonyl (C=O) groups excluding carboxylic acids is 2. The fourth-order valence-electron chi connectivity index (χ4n) is 2.31. The van der Waals surface area contributed by atoms with Gasteiger partial charge in [-0.25, -0.2) is 0 Å². The number of benzene rings is 1. The minimum atomic E-state index is -4.70. The van der Waals surface area contributed by atoms with Crippen LogP contribution >= 0.6 is 0 Å². The number of amides is 2. The van der Waals surface area contributed by atoms with Crippen LogP contribution in [0.1, 0.15) is 18.9 Å². The number of amidine groups is 1. The molecule has 2 amide bonds. The third kappa shape index (κ3) is 7.94. The second-order valence-electron chi connectivity index (χ2n) is 5.99. The number of hydrogen-bond acceptors (Lipinski definition) is 5. The van der Waals surface area contributed by atoms with Gasteiger partial charge < -0.3 is 15.2 Å². The SMILES string of the molecule is C=C(/C(=N\C)N(CCCNC(=O)COc1ccc(CO)cc1)C(C)=O)C(F)(F)F. The van der Waals surface area contributed by atoms with Gasteiger partial charge in [-0.3, -0.25) is 19.5 Å². The molecule has 0 saturated heterocycles. The average molecular weight is 415 g/mol. The first-order valence-electron chi connectivity index (χ1n) is 8.70. The van der Waals surface area contributed by atoms with Crippen LogP contribution in [0.5, 0.6) is 5.75 Å². The summed E-state index contributed by atoms with van der Waals surface area (Å²) in [4.78, 5) is 27.9. The van der Waals surface area contributed by atoms with Gasteiger partial charge in [0.1, 0.15) is 11.6 Å². The van der Waals surface area contributed by atoms with E-state index < -0.39 is 29.4 Å². The summed E-state index contributed by atoms with van der Waals surface area (Å²) in [5.74, 6) is -1.13. The highest BCUT2D eigenvalue weighted by atomic mass is 19.4. The molecule has 0 unspecified atom stereocenters. The summed E-state index contributed by atoms with van der Waals surface area (Å²) in [5.41, 5.74) is -0.500. The van der Waals surface area contributed by atoms with E-state index in [1.165, 1.54) is 0 Å². The van der Waals surface area contributed by atoms with E-state index in [0.717, 1.165) is 18.9 Å². The fourth-order valence-corrected chi connectivity index (χ4v) is 2.31. The molecule has 0 heterocycles. The van der Waals surface area contributed by atoms with Gasteiger partial charge in [0, 0.05) is 27.1 Å². The lowest BCUT2D eigenvalue weighted by Crippen LogP contribution is -2.41. The van der Waals surface area contributed by atoms with Crippen LogP contribution in [0, 0.1) is 0 Å². The topological polar surface area (TPSA) is 91.2 Å². The Labute approximate surface area is 166 Å². The summed E-state index contributed by atoms with van der Waals surface area (Å²) in [6.45, 7) is 3.81. The summed E-state index contributed by atoms with van der Waals surface area (Å²) in [5, 5.41) is 11.5. The van der Waals surface area contributed by atoms with E-state index >= 15 is 0 Å². The van der Waals surface area contributed by atoms with Crippen molar-refractivity contribution in [3.8, 4) is 5.75 Å². The van der Waals surface area contributed by atoms with Crippen LogP contribution in [0.15, 0.2) is 41.4 Å². The number of nitrogens with zero attached hydrogens (tertiary/aromatic N) is 2. The molecule has 1 aromatic rings. The zero-order valence-corrected chi connectivity index (χ0v) is 16.3. The van der Waals surface area contributed by atoms with Crippen molar-refractivity contribution in [2.24, 2.45) is 4.99 Å². The van der Waals surface area contributed by atoms with E-state index in [1.54, 1.807) is 24.3 Å². The van der Waals surface area contributed by atoms with Crippen molar-refractivity contribution in [3.05, 3.63) is 42.0 Å². The predicted octanol–water partition coefficient (Wildman–Crippen LogP) is 2.06. The highest BCUT2D eigenvalue weighted by Gasteiger charge is 2.37. The van der Waals surface area contributed by atoms with E-state index in [4.69, 9.17) is 9.84 Å². The van der Waals surface area contributed by atoms with Crippen LogP contribution in [-0.4, -0.2) is 60.6 Å². The molecule has 0 spiro atoms. The summed E-state index contributed by atoms with van der Waals surface area (Å²) < 4.78 is 43.9. The summed E-state index contributed by atoms with van der Waals surface area (Å²) in [6, 6.07) is 6.54. The standard InChI is InChI=1S/C19H24F3N3O4/c1-13(19(20,21)22)18(23-3)25(14(2)27)10-4-9-24-17(28)12-29-16-7-5-15(11-26)6-8-16/h5-8,26H,1,4,9-12H2,2-3H3,(H,24,28)/b23-18+. The first kappa shape index (κ1) is 24.2. The highest BCUT2D eigenvalue weighted by molar-refractivity contribution is 6.07. The summed E-state index contributed by atoms with van der Waals surface area (Å²) in [7, 11) is 1.15. The lowest BCUT2D eigenvalue weighted by Gasteiger charge is -2.25. The van der Waals surface area contributed by atoms with Crippen LogP contribution in [0.2, 0.25) is 0 Å². The Morgan fingerprint density at radius 1 is 1.28 bits per heavy atom. The van der Waals surface area contributed by atoms with Crippen LogP contribution in [0.3, 0.4) is 0 Å². The molecule has 7 nitrogen and oxygen atoms in total. The van der Waals surface area contributed by atoms with Gasteiger partial charge in [0.15, 0.2) is 6.61 Å². The number of alkyl halides is 3. The molecule has 0 aliphatic carbocycles. The lowest BCUT2D eigenvalue weighted by atomic mass is 10.2. The third-order valence-electron chi connectivity index (χ3n) is 3.82. The molecule has 1 aromatic carbocycles. The Morgan fingerprint density at radius 3 is 2.38 bits per heavy atom. The molecule has 0 aliphatic heterocycles. The molecule has 0 atom stereocenters. The van der Waals surface area contributed by atoms with Gasteiger partial charge in [-0.15, -0.1) is 0 Å². The number of aliphatic imine (C=N–C) groups is 1. The number of hydrogen-bond donors (Lipinski definition) is 2. The van der Waals surface area contributed by atoms with Gasteiger partial charge >= 0.3 is 6.18 Å². The van der Waals surface area contributed by atoms with Gasteiger partial charge in [0.05, 0.1) is 12.2 Å². The maximum absolute atomic E-state index is 12.9. The highest BCUT2D eigenvalue weighted by Crippen LogP contribution is 2.26. The molecular weight excluding hydrogens is 391 g/mol. The van der Waals surface area contributed by atoms with Crippen LogP contribution in [0.25, 0.3) is 0 Å². The van der Waals surface area contributed by atoms with Gasteiger partial charge in [-0.05, 0) is 24.1 Å². The first-order chi connectivity index (χ1) is 13.6. The average Bonchev–Trinajstić information content (AvgIpc) is 2.67. The Kier molecular flexibility index (Phi) is 9.33. The van der Waals surface area contributed by atoms with E-state index in [0.29, 0.717) is 11.3 Å². The number of rotatable bonds is 9. The van der Waals surface area contributed by atoms with Crippen LogP contribution in [-0.2, 0) is 16.2 Å². The predicted molar refractivity (Wildman–Crippen MR) is 101 cm³/mol. The number of nitrogens with one attached hydrogen (secondary N) is 1. The fraction of sp³-hybridized carbons (Fsp3) is 0.421. The molecular formula is C19H24F3N3O4. The van der Waals surface area contributed by atoms with Gasteiger partial charge in [-0.2, -0.15) is 13.2 Å². The van der Waals surface area contributed by atoms with Crippen molar-refractivity contribution in [1.29, 1.82) is 0 Å². The second kappa shape index (κ2) is 11.2. The molecule has 29 heavy (non-hydrogen) atoms. The largest absolute Gasteiger partial charge is 0.484 e. The quantitative estimate of drug-likeness (QED) is 0.367. The van der Waals surface area contributed by atoms with E-state index in [9.17, 15) is 22.8 Å². The Morgan fingerprint density at radius 2 is 1.90 bits per heavy atom. The summed E-state index contributed by atoms with van der Waals surface area (Å²) in [6.07, 6.45) is -4.50. The molecule has 0 aromatic heterocycles. The molecule has 2 N–H and O–H groups in total. The number of aliphatic hydroxyl groups excluding tert-OH is 1. The molecule has 0 radical (unpaired) electrons. The van der Waals surface area contributed by atoms with Crippen molar-refractivity contribution >= 4 is 17.6 Å². The van der Waals surface area contributed by atoms with Crippen molar-refractivity contribution in [2.45, 2.75) is 26.1 Å². The molecule has 1 rings (SSSR count). The monoisotopic (exact) mass is 415 g/mol. The zero-order chi connectivity index (χ0) is 22.0. The Hall–Kier alpha value is -2.88. The molecule has 0 saturated carbocycles. The molecule has 0 aliphatic rings. The number of carbonyl (C=O) groups is 2. The molecule has 160 valence electrons. The van der Waals surface area contributed by atoms with E-state index in [-0.39, 0.29) is 32.7 Å². The normalized spacial score (nSPS) is 11.7. The number of ether oxygens (including phenoxy) is 1. The minimum Gasteiger partial charge on any atom is -0.484 e. The second-order valence-corrected chi connectivity index (χ2v) is 5.99. The van der Waals surface area contributed by atoms with Crippen molar-refractivity contribution < 1.29 is 32.6 Å². The van der Waals surface area contributed by atoms with Crippen LogP contribution in [0.4, 0.5) is 13.2 Å². The van der Waals surface area contributed by atoms with Gasteiger partial charge in [0.25, 0.3) is 5.91 Å². The maximum atomic E-state index is 12.9. The third-order valence-corrected chi connectivity index (χ3v) is 3.82. The van der Waals surface area contributed by atoms with Crippen molar-refractivity contribution in [2.75, 3.05) is 26.7 Å².